The highest BCUT2D eigenvalue weighted by molar-refractivity contribution is 5.94. The summed E-state index contributed by atoms with van der Waals surface area (Å²) in [5.41, 5.74) is 0.971. The molecule has 7 heteroatoms. The van der Waals surface area contributed by atoms with Gasteiger partial charge in [0.1, 0.15) is 11.5 Å². The number of nitriles is 1. The van der Waals surface area contributed by atoms with E-state index in [1.165, 1.54) is 14.0 Å². The fourth-order valence-electron chi connectivity index (χ4n) is 2.05. The highest BCUT2D eigenvalue weighted by Gasteiger charge is 2.18. The van der Waals surface area contributed by atoms with Gasteiger partial charge in [-0.2, -0.15) is 5.26 Å². The molecule has 2 rings (SSSR count). The van der Waals surface area contributed by atoms with Crippen molar-refractivity contribution in [3.63, 3.8) is 0 Å². The van der Waals surface area contributed by atoms with Crippen LogP contribution in [0.3, 0.4) is 0 Å². The predicted molar refractivity (Wildman–Crippen MR) is 93.8 cm³/mol. The summed E-state index contributed by atoms with van der Waals surface area (Å²) in [6.45, 7) is 1.07. The Kier molecular flexibility index (Phi) is 6.57. The van der Waals surface area contributed by atoms with E-state index in [2.05, 4.69) is 5.32 Å². The maximum absolute atomic E-state index is 11.9. The predicted octanol–water partition coefficient (Wildman–Crippen LogP) is 2.52. The van der Waals surface area contributed by atoms with Crippen LogP contribution in [0.15, 0.2) is 48.5 Å². The zero-order valence-electron chi connectivity index (χ0n) is 14.4. The second-order valence-electron chi connectivity index (χ2n) is 5.25. The van der Waals surface area contributed by atoms with E-state index >= 15 is 0 Å². The number of hydrogen-bond donors (Lipinski definition) is 1. The molecule has 1 atom stereocenters. The van der Waals surface area contributed by atoms with Crippen molar-refractivity contribution in [2.75, 3.05) is 19.0 Å². The SMILES string of the molecule is COc1ccccc1NC(=O)COC(=O)[C@@H](C)Oc1ccc(C#N)cc1. The molecule has 0 aliphatic carbocycles. The van der Waals surface area contributed by atoms with Crippen molar-refractivity contribution in [2.45, 2.75) is 13.0 Å². The number of nitrogens with one attached hydrogen (secondary N) is 1. The quantitative estimate of drug-likeness (QED) is 0.767. The van der Waals surface area contributed by atoms with Crippen molar-refractivity contribution in [1.82, 2.24) is 0 Å². The Bertz CT molecular complexity index is 811. The maximum atomic E-state index is 11.9. The molecule has 2 aromatic carbocycles. The van der Waals surface area contributed by atoms with E-state index in [-0.39, 0.29) is 0 Å². The van der Waals surface area contributed by atoms with Crippen LogP contribution in [0.25, 0.3) is 0 Å². The summed E-state index contributed by atoms with van der Waals surface area (Å²) in [7, 11) is 1.49. The number of methoxy groups -OCH3 is 1. The molecule has 0 radical (unpaired) electrons. The Hall–Kier alpha value is -3.53. The van der Waals surface area contributed by atoms with Gasteiger partial charge in [-0.25, -0.2) is 4.79 Å². The molecule has 0 saturated heterocycles. The van der Waals surface area contributed by atoms with Gasteiger partial charge in [-0.05, 0) is 43.3 Å². The molecule has 1 N–H and O–H groups in total. The average Bonchev–Trinajstić information content (AvgIpc) is 2.67. The third kappa shape index (κ3) is 5.24. The van der Waals surface area contributed by atoms with E-state index in [0.717, 1.165) is 0 Å². The standard InChI is InChI=1S/C19H18N2O5/c1-13(26-15-9-7-14(11-20)8-10-15)19(23)25-12-18(22)21-16-5-3-4-6-17(16)24-2/h3-10,13H,12H2,1-2H3,(H,21,22)/t13-/m1/s1. The van der Waals surface area contributed by atoms with Crippen molar-refractivity contribution in [3.8, 4) is 17.6 Å². The van der Waals surface area contributed by atoms with Crippen molar-refractivity contribution in [3.05, 3.63) is 54.1 Å². The first kappa shape index (κ1) is 18.8. The molecule has 0 heterocycles. The second kappa shape index (κ2) is 9.08. The summed E-state index contributed by atoms with van der Waals surface area (Å²) in [6.07, 6.45) is -0.901. The summed E-state index contributed by atoms with van der Waals surface area (Å²) < 4.78 is 15.5. The van der Waals surface area contributed by atoms with Gasteiger partial charge in [0.15, 0.2) is 12.7 Å². The van der Waals surface area contributed by atoms with Gasteiger partial charge in [-0.3, -0.25) is 4.79 Å². The van der Waals surface area contributed by atoms with Crippen LogP contribution in [-0.2, 0) is 14.3 Å². The number of esters is 1. The van der Waals surface area contributed by atoms with Crippen LogP contribution in [0.5, 0.6) is 11.5 Å². The normalized spacial score (nSPS) is 11.0. The summed E-state index contributed by atoms with van der Waals surface area (Å²) in [4.78, 5) is 23.9. The van der Waals surface area contributed by atoms with Gasteiger partial charge in [0.25, 0.3) is 5.91 Å². The van der Waals surface area contributed by atoms with Crippen molar-refractivity contribution >= 4 is 17.6 Å². The molecular weight excluding hydrogens is 336 g/mol. The number of rotatable bonds is 7. The monoisotopic (exact) mass is 354 g/mol. The van der Waals surface area contributed by atoms with Gasteiger partial charge in [0, 0.05) is 0 Å². The lowest BCUT2D eigenvalue weighted by Crippen LogP contribution is -2.29. The lowest BCUT2D eigenvalue weighted by molar-refractivity contribution is -0.153. The maximum Gasteiger partial charge on any atom is 0.347 e. The Labute approximate surface area is 151 Å². The van der Waals surface area contributed by atoms with Gasteiger partial charge < -0.3 is 19.5 Å². The first-order chi connectivity index (χ1) is 12.5. The molecule has 0 saturated carbocycles. The molecule has 0 unspecified atom stereocenters. The van der Waals surface area contributed by atoms with Crippen LogP contribution in [0, 0.1) is 11.3 Å². The fourth-order valence-corrected chi connectivity index (χ4v) is 2.05. The summed E-state index contributed by atoms with van der Waals surface area (Å²) in [5.74, 6) is -0.241. The first-order valence-corrected chi connectivity index (χ1v) is 7.80. The third-order valence-corrected chi connectivity index (χ3v) is 3.35. The van der Waals surface area contributed by atoms with Gasteiger partial charge in [-0.15, -0.1) is 0 Å². The minimum Gasteiger partial charge on any atom is -0.495 e. The lowest BCUT2D eigenvalue weighted by Gasteiger charge is -2.14. The number of carbonyl (C=O) groups excluding carboxylic acids is 2. The highest BCUT2D eigenvalue weighted by Crippen LogP contribution is 2.22. The minimum absolute atomic E-state index is 0.423. The van der Waals surface area contributed by atoms with E-state index in [4.69, 9.17) is 19.5 Å². The number of nitrogens with zero attached hydrogens (tertiary/aromatic N) is 1. The van der Waals surface area contributed by atoms with Gasteiger partial charge >= 0.3 is 5.97 Å². The molecule has 0 aromatic heterocycles. The molecule has 7 nitrogen and oxygen atoms in total. The van der Waals surface area contributed by atoms with E-state index in [1.54, 1.807) is 48.5 Å². The molecule has 134 valence electrons. The van der Waals surface area contributed by atoms with E-state index in [9.17, 15) is 9.59 Å². The molecule has 0 aliphatic heterocycles. The van der Waals surface area contributed by atoms with Crippen molar-refractivity contribution in [2.24, 2.45) is 0 Å². The number of benzene rings is 2. The van der Waals surface area contributed by atoms with Crippen LogP contribution in [0.2, 0.25) is 0 Å². The Morgan fingerprint density at radius 3 is 2.50 bits per heavy atom. The van der Waals surface area contributed by atoms with E-state index in [1.807, 2.05) is 6.07 Å². The number of carbonyl (C=O) groups is 2. The Morgan fingerprint density at radius 2 is 1.85 bits per heavy atom. The van der Waals surface area contributed by atoms with Crippen molar-refractivity contribution < 1.29 is 23.8 Å². The Morgan fingerprint density at radius 1 is 1.15 bits per heavy atom. The van der Waals surface area contributed by atoms with Crippen LogP contribution < -0.4 is 14.8 Å². The minimum atomic E-state index is -0.901. The topological polar surface area (TPSA) is 97.7 Å². The molecule has 1 amide bonds. The fraction of sp³-hybridized carbons (Fsp3) is 0.211. The molecule has 0 fully saturated rings. The molecule has 0 aliphatic rings. The van der Waals surface area contributed by atoms with Gasteiger partial charge in [0.05, 0.1) is 24.4 Å². The molecule has 26 heavy (non-hydrogen) atoms. The number of amides is 1. The van der Waals surface area contributed by atoms with E-state index < -0.39 is 24.6 Å². The molecule has 0 spiro atoms. The highest BCUT2D eigenvalue weighted by atomic mass is 16.6. The zero-order valence-corrected chi connectivity index (χ0v) is 14.4. The van der Waals surface area contributed by atoms with Crippen LogP contribution in [0.1, 0.15) is 12.5 Å². The first-order valence-electron chi connectivity index (χ1n) is 7.80. The summed E-state index contributed by atoms with van der Waals surface area (Å²) >= 11 is 0. The van der Waals surface area contributed by atoms with Crippen molar-refractivity contribution in [1.29, 1.82) is 5.26 Å². The van der Waals surface area contributed by atoms with Crippen LogP contribution in [-0.4, -0.2) is 31.7 Å². The number of hydrogen-bond acceptors (Lipinski definition) is 6. The Balaban J connectivity index is 1.83. The second-order valence-corrected chi connectivity index (χ2v) is 5.25. The average molecular weight is 354 g/mol. The summed E-state index contributed by atoms with van der Waals surface area (Å²) in [6, 6.07) is 15.2. The largest absolute Gasteiger partial charge is 0.495 e. The number of anilines is 1. The van der Waals surface area contributed by atoms with Crippen LogP contribution in [0.4, 0.5) is 5.69 Å². The van der Waals surface area contributed by atoms with Gasteiger partial charge in [0.2, 0.25) is 0 Å². The molecule has 0 bridgehead atoms. The summed E-state index contributed by atoms with van der Waals surface area (Å²) in [5, 5.41) is 11.4. The lowest BCUT2D eigenvalue weighted by atomic mass is 10.2. The molecular formula is C19H18N2O5. The number of ether oxygens (including phenoxy) is 3. The number of para-hydroxylation sites is 2. The van der Waals surface area contributed by atoms with Gasteiger partial charge in [-0.1, -0.05) is 12.1 Å². The van der Waals surface area contributed by atoms with Crippen LogP contribution >= 0.6 is 0 Å². The third-order valence-electron chi connectivity index (χ3n) is 3.35. The zero-order chi connectivity index (χ0) is 18.9. The smallest absolute Gasteiger partial charge is 0.347 e. The molecule has 2 aromatic rings. The van der Waals surface area contributed by atoms with E-state index in [0.29, 0.717) is 22.7 Å².